The second kappa shape index (κ2) is 10.5. The van der Waals surface area contributed by atoms with Gasteiger partial charge < -0.3 is 10.1 Å². The van der Waals surface area contributed by atoms with Crippen LogP contribution in [0.15, 0.2) is 102 Å². The number of nitro groups is 3. The van der Waals surface area contributed by atoms with Crippen LogP contribution in [-0.2, 0) is 9.57 Å². The number of fused-ring (bicyclic) bond motifs is 3. The maximum absolute atomic E-state index is 13.6. The van der Waals surface area contributed by atoms with Crippen LogP contribution >= 0.6 is 0 Å². The summed E-state index contributed by atoms with van der Waals surface area (Å²) in [6.45, 7) is 0. The van der Waals surface area contributed by atoms with Crippen molar-refractivity contribution in [2.75, 3.05) is 10.4 Å². The summed E-state index contributed by atoms with van der Waals surface area (Å²) in [5, 5.41) is 40.6. The maximum atomic E-state index is 13.6. The molecule has 45 heavy (non-hydrogen) atoms. The predicted octanol–water partition coefficient (Wildman–Crippen LogP) is 5.68. The Bertz CT molecular complexity index is 2120. The summed E-state index contributed by atoms with van der Waals surface area (Å²) in [7, 11) is 0. The number of hydrogen-bond donors (Lipinski definition) is 1. The highest BCUT2D eigenvalue weighted by Gasteiger charge is 2.48. The van der Waals surface area contributed by atoms with Crippen LogP contribution in [-0.4, -0.2) is 25.6 Å². The number of non-ortho nitro benzene ring substituents is 2. The molecular formula is C30H20N6O9. The van der Waals surface area contributed by atoms with Crippen LogP contribution in [0, 0.1) is 30.3 Å². The number of hydrogen-bond acceptors (Lipinski definition) is 11. The molecule has 3 unspecified atom stereocenters. The molecule has 4 heterocycles. The minimum atomic E-state index is -1.05. The minimum absolute atomic E-state index is 0.0504. The lowest BCUT2D eigenvalue weighted by atomic mass is 9.93. The Balaban J connectivity index is 1.39. The molecule has 0 amide bonds. The largest absolute Gasteiger partial charge is 0.352 e. The van der Waals surface area contributed by atoms with Crippen molar-refractivity contribution in [1.29, 1.82) is 0 Å². The average molecular weight is 609 g/mol. The van der Waals surface area contributed by atoms with E-state index in [1.54, 1.807) is 48.7 Å². The number of nitrogens with one attached hydrogen (secondary N) is 1. The molecule has 0 radical (unpaired) electrons. The van der Waals surface area contributed by atoms with Crippen LogP contribution in [0.2, 0.25) is 0 Å². The summed E-state index contributed by atoms with van der Waals surface area (Å²) in [4.78, 5) is 52.9. The quantitative estimate of drug-likeness (QED) is 0.177. The van der Waals surface area contributed by atoms with Crippen LogP contribution in [0.3, 0.4) is 0 Å². The van der Waals surface area contributed by atoms with Gasteiger partial charge in [-0.1, -0.05) is 42.5 Å². The number of rotatable bonds is 7. The van der Waals surface area contributed by atoms with Crippen molar-refractivity contribution in [3.05, 3.63) is 149 Å². The standard InChI is InChI=1S/C30H20N6O9/c37-29-20-6-2-1-5-17(20)13-14-32(29)24-12-10-19(35(40)41)16-26(24)33-27-21-7-3-4-8-22(21)30(45-33)44-28(27)31-23-11-9-18(34(38)39)15-25(23)36(42)43/h1-16,27-28,30-31H. The van der Waals surface area contributed by atoms with E-state index in [2.05, 4.69) is 5.32 Å². The molecule has 4 aromatic carbocycles. The SMILES string of the molecule is O=c1c2ccccc2ccn1-c1ccc([N+](=O)[O-])cc1N1OC2OC(Nc3ccc([N+](=O)[O-])cc3[N+](=O)[O-])C1c1ccccc12. The van der Waals surface area contributed by atoms with Crippen LogP contribution in [0.1, 0.15) is 23.5 Å². The highest BCUT2D eigenvalue weighted by molar-refractivity contribution is 5.82. The zero-order valence-corrected chi connectivity index (χ0v) is 22.9. The van der Waals surface area contributed by atoms with E-state index in [0.29, 0.717) is 21.9 Å². The first-order valence-electron chi connectivity index (χ1n) is 13.5. The summed E-state index contributed by atoms with van der Waals surface area (Å²) in [6.07, 6.45) is -0.529. The lowest BCUT2D eigenvalue weighted by Crippen LogP contribution is -2.53. The normalized spacial score (nSPS) is 18.4. The summed E-state index contributed by atoms with van der Waals surface area (Å²) in [6, 6.07) is 22.2. The van der Waals surface area contributed by atoms with Gasteiger partial charge in [-0.3, -0.25) is 39.7 Å². The van der Waals surface area contributed by atoms with E-state index in [1.165, 1.54) is 33.9 Å². The van der Waals surface area contributed by atoms with Gasteiger partial charge in [0.25, 0.3) is 22.6 Å². The predicted molar refractivity (Wildman–Crippen MR) is 160 cm³/mol. The second-order valence-electron chi connectivity index (χ2n) is 10.3. The Morgan fingerprint density at radius 1 is 0.733 bits per heavy atom. The van der Waals surface area contributed by atoms with E-state index in [9.17, 15) is 35.1 Å². The number of nitrogens with zero attached hydrogens (tertiary/aromatic N) is 5. The molecule has 1 aromatic heterocycles. The first-order valence-corrected chi connectivity index (χ1v) is 13.5. The van der Waals surface area contributed by atoms with E-state index in [4.69, 9.17) is 9.57 Å². The van der Waals surface area contributed by atoms with Gasteiger partial charge in [0.15, 0.2) is 6.23 Å². The van der Waals surface area contributed by atoms with Crippen molar-refractivity contribution in [2.45, 2.75) is 18.6 Å². The van der Waals surface area contributed by atoms with Gasteiger partial charge in [-0.2, -0.15) is 0 Å². The van der Waals surface area contributed by atoms with Crippen molar-refractivity contribution < 1.29 is 24.3 Å². The first-order chi connectivity index (χ1) is 21.7. The van der Waals surface area contributed by atoms with Gasteiger partial charge >= 0.3 is 0 Å². The number of pyridine rings is 1. The van der Waals surface area contributed by atoms with Crippen molar-refractivity contribution in [1.82, 2.24) is 4.57 Å². The molecule has 2 bridgehead atoms. The monoisotopic (exact) mass is 608 g/mol. The number of anilines is 2. The number of nitro benzene ring substituents is 3. The van der Waals surface area contributed by atoms with Gasteiger partial charge in [0.2, 0.25) is 6.29 Å². The molecule has 0 aliphatic carbocycles. The van der Waals surface area contributed by atoms with Crippen molar-refractivity contribution in [3.63, 3.8) is 0 Å². The van der Waals surface area contributed by atoms with E-state index < -0.39 is 44.7 Å². The summed E-state index contributed by atoms with van der Waals surface area (Å²) in [5.41, 5.74) is 0.127. The molecule has 1 saturated heterocycles. The Kier molecular flexibility index (Phi) is 6.46. The average Bonchev–Trinajstić information content (AvgIpc) is 3.05. The number of benzene rings is 4. The fourth-order valence-electron chi connectivity index (χ4n) is 5.70. The molecule has 0 spiro atoms. The lowest BCUT2D eigenvalue weighted by molar-refractivity contribution is -0.393. The van der Waals surface area contributed by atoms with Gasteiger partial charge in [0.05, 0.1) is 32.2 Å². The Hall–Kier alpha value is -6.19. The molecule has 15 nitrogen and oxygen atoms in total. The number of aromatic nitrogens is 1. The van der Waals surface area contributed by atoms with Gasteiger partial charge in [-0.05, 0) is 35.2 Å². The Morgan fingerprint density at radius 2 is 1.42 bits per heavy atom. The van der Waals surface area contributed by atoms with E-state index in [0.717, 1.165) is 12.1 Å². The van der Waals surface area contributed by atoms with Crippen molar-refractivity contribution in [2.24, 2.45) is 0 Å². The first kappa shape index (κ1) is 27.6. The van der Waals surface area contributed by atoms with Gasteiger partial charge in [-0.25, -0.2) is 9.90 Å². The third kappa shape index (κ3) is 4.59. The molecule has 3 aliphatic rings. The lowest BCUT2D eigenvalue weighted by Gasteiger charge is -2.50. The van der Waals surface area contributed by atoms with Crippen LogP contribution in [0.25, 0.3) is 16.5 Å². The molecule has 15 heteroatoms. The third-order valence-corrected chi connectivity index (χ3v) is 7.75. The van der Waals surface area contributed by atoms with E-state index in [1.807, 2.05) is 12.1 Å². The third-order valence-electron chi connectivity index (χ3n) is 7.75. The van der Waals surface area contributed by atoms with Crippen LogP contribution < -0.4 is 15.9 Å². The van der Waals surface area contributed by atoms with Crippen molar-refractivity contribution >= 4 is 39.2 Å². The number of hydroxylamine groups is 1. The Morgan fingerprint density at radius 3 is 2.18 bits per heavy atom. The molecule has 3 atom stereocenters. The maximum Gasteiger partial charge on any atom is 0.299 e. The molecular weight excluding hydrogens is 588 g/mol. The molecule has 1 N–H and O–H groups in total. The molecule has 1 fully saturated rings. The van der Waals surface area contributed by atoms with Gasteiger partial charge in [-0.15, -0.1) is 0 Å². The van der Waals surface area contributed by atoms with E-state index >= 15 is 0 Å². The summed E-state index contributed by atoms with van der Waals surface area (Å²) in [5.74, 6) is 0. The molecule has 3 aliphatic heterocycles. The zero-order chi connectivity index (χ0) is 31.4. The molecule has 0 saturated carbocycles. The van der Waals surface area contributed by atoms with Gasteiger partial charge in [0.1, 0.15) is 11.7 Å². The highest BCUT2D eigenvalue weighted by Crippen LogP contribution is 2.50. The molecule has 8 rings (SSSR count). The Labute approximate surface area is 251 Å². The zero-order valence-electron chi connectivity index (χ0n) is 22.9. The second-order valence-corrected chi connectivity index (χ2v) is 10.3. The van der Waals surface area contributed by atoms with Gasteiger partial charge in [0, 0.05) is 35.3 Å². The molecule has 5 aromatic rings. The fraction of sp³-hybridized carbons (Fsp3) is 0.100. The smallest absolute Gasteiger partial charge is 0.299 e. The summed E-state index contributed by atoms with van der Waals surface area (Å²) < 4.78 is 7.52. The minimum Gasteiger partial charge on any atom is -0.352 e. The van der Waals surface area contributed by atoms with E-state index in [-0.39, 0.29) is 28.3 Å². The summed E-state index contributed by atoms with van der Waals surface area (Å²) >= 11 is 0. The van der Waals surface area contributed by atoms with Crippen LogP contribution in [0.5, 0.6) is 0 Å². The van der Waals surface area contributed by atoms with Crippen LogP contribution in [0.4, 0.5) is 28.4 Å². The molecule has 224 valence electrons. The topological polar surface area (TPSA) is 185 Å². The van der Waals surface area contributed by atoms with Crippen molar-refractivity contribution in [3.8, 4) is 5.69 Å². The fourth-order valence-corrected chi connectivity index (χ4v) is 5.70. The highest BCUT2D eigenvalue weighted by atomic mass is 16.8. The number of ether oxygens (including phenoxy) is 1.